The van der Waals surface area contributed by atoms with Crippen LogP contribution in [0.25, 0.3) is 0 Å². The normalized spacial score (nSPS) is 16.5. The molecule has 0 aliphatic carbocycles. The third-order valence-corrected chi connectivity index (χ3v) is 7.50. The molecule has 3 rings (SSSR count). The molecule has 33 heavy (non-hydrogen) atoms. The van der Waals surface area contributed by atoms with Crippen LogP contribution in [0, 0.1) is 25.7 Å². The average molecular weight is 471 g/mol. The lowest BCUT2D eigenvalue weighted by Gasteiger charge is -2.37. The van der Waals surface area contributed by atoms with E-state index in [9.17, 15) is 9.59 Å². The van der Waals surface area contributed by atoms with Crippen LogP contribution in [0.5, 0.6) is 5.75 Å². The number of amides is 2. The summed E-state index contributed by atoms with van der Waals surface area (Å²) in [5.74, 6) is 1.12. The molecule has 0 spiro atoms. The third kappa shape index (κ3) is 6.17. The van der Waals surface area contributed by atoms with E-state index in [4.69, 9.17) is 4.74 Å². The van der Waals surface area contributed by atoms with Gasteiger partial charge in [0, 0.05) is 23.9 Å². The van der Waals surface area contributed by atoms with Crippen molar-refractivity contribution in [1.82, 2.24) is 9.80 Å². The number of hydrogen-bond donors (Lipinski definition) is 0. The maximum atomic E-state index is 13.6. The van der Waals surface area contributed by atoms with Crippen molar-refractivity contribution in [2.75, 3.05) is 26.2 Å². The Bertz CT molecular complexity index is 968. The molecule has 1 aromatic carbocycles. The lowest BCUT2D eigenvalue weighted by molar-refractivity contribution is -0.144. The number of ether oxygens (including phenoxy) is 1. The fourth-order valence-electron chi connectivity index (χ4n) is 4.36. The van der Waals surface area contributed by atoms with Gasteiger partial charge in [0.15, 0.2) is 0 Å². The van der Waals surface area contributed by atoms with Crippen molar-refractivity contribution in [1.29, 1.82) is 0 Å². The van der Waals surface area contributed by atoms with E-state index in [2.05, 4.69) is 38.3 Å². The van der Waals surface area contributed by atoms with Gasteiger partial charge in [0.05, 0.1) is 12.6 Å². The highest BCUT2D eigenvalue weighted by Crippen LogP contribution is 2.34. The molecule has 2 heterocycles. The van der Waals surface area contributed by atoms with Crippen LogP contribution in [0.3, 0.4) is 0 Å². The first-order valence-electron chi connectivity index (χ1n) is 12.1. The van der Waals surface area contributed by atoms with E-state index in [-0.39, 0.29) is 30.3 Å². The molecule has 2 aromatic rings. The van der Waals surface area contributed by atoms with Crippen LogP contribution in [-0.4, -0.2) is 47.9 Å². The van der Waals surface area contributed by atoms with E-state index in [0.717, 1.165) is 24.2 Å². The van der Waals surface area contributed by atoms with Crippen molar-refractivity contribution < 1.29 is 14.3 Å². The zero-order valence-corrected chi connectivity index (χ0v) is 21.7. The lowest BCUT2D eigenvalue weighted by atomic mass is 10.00. The molecule has 0 bridgehead atoms. The van der Waals surface area contributed by atoms with Crippen LogP contribution in [0.4, 0.5) is 0 Å². The SMILES string of the molecule is CC[C@@H](C)CN(CC(=O)N1CCc2sccc2[C@H]1COc1ccc(C)cc1C)C(=O)C(C)C. The van der Waals surface area contributed by atoms with Gasteiger partial charge in [0.1, 0.15) is 12.4 Å². The maximum Gasteiger partial charge on any atom is 0.242 e. The first kappa shape index (κ1) is 25.3. The Morgan fingerprint density at radius 3 is 2.64 bits per heavy atom. The van der Waals surface area contributed by atoms with Crippen LogP contribution >= 0.6 is 11.3 Å². The first-order valence-corrected chi connectivity index (χ1v) is 12.9. The molecule has 1 aromatic heterocycles. The predicted octanol–water partition coefficient (Wildman–Crippen LogP) is 5.40. The number of fused-ring (bicyclic) bond motifs is 1. The fraction of sp³-hybridized carbons (Fsp3) is 0.556. The Morgan fingerprint density at radius 2 is 1.97 bits per heavy atom. The molecule has 2 amide bonds. The number of benzene rings is 1. The van der Waals surface area contributed by atoms with Crippen LogP contribution in [0.2, 0.25) is 0 Å². The molecule has 5 nitrogen and oxygen atoms in total. The molecule has 0 saturated carbocycles. The second-order valence-electron chi connectivity index (χ2n) is 9.62. The minimum atomic E-state index is -0.146. The van der Waals surface area contributed by atoms with Gasteiger partial charge in [-0.2, -0.15) is 0 Å². The molecule has 180 valence electrons. The van der Waals surface area contributed by atoms with Crippen molar-refractivity contribution in [2.24, 2.45) is 11.8 Å². The summed E-state index contributed by atoms with van der Waals surface area (Å²) in [5, 5.41) is 2.10. The number of nitrogens with zero attached hydrogens (tertiary/aromatic N) is 2. The number of hydrogen-bond acceptors (Lipinski definition) is 4. The van der Waals surface area contributed by atoms with Crippen molar-refractivity contribution >= 4 is 23.2 Å². The summed E-state index contributed by atoms with van der Waals surface area (Å²) in [7, 11) is 0. The molecule has 1 aliphatic rings. The second-order valence-corrected chi connectivity index (χ2v) is 10.6. The Labute approximate surface area is 202 Å². The molecule has 6 heteroatoms. The Hall–Kier alpha value is -2.34. The summed E-state index contributed by atoms with van der Waals surface area (Å²) in [6, 6.07) is 8.13. The Morgan fingerprint density at radius 1 is 1.21 bits per heavy atom. The molecule has 1 aliphatic heterocycles. The molecule has 0 fully saturated rings. The van der Waals surface area contributed by atoms with E-state index in [1.807, 2.05) is 37.8 Å². The largest absolute Gasteiger partial charge is 0.491 e. The summed E-state index contributed by atoms with van der Waals surface area (Å²) >= 11 is 1.75. The van der Waals surface area contributed by atoms with Gasteiger partial charge in [-0.3, -0.25) is 9.59 Å². The zero-order chi connectivity index (χ0) is 24.1. The average Bonchev–Trinajstić information content (AvgIpc) is 3.26. The number of rotatable bonds is 9. The Balaban J connectivity index is 1.79. The highest BCUT2D eigenvalue weighted by Gasteiger charge is 2.34. The Kier molecular flexibility index (Phi) is 8.57. The first-order chi connectivity index (χ1) is 15.7. The summed E-state index contributed by atoms with van der Waals surface area (Å²) in [5.41, 5.74) is 3.47. The minimum Gasteiger partial charge on any atom is -0.491 e. The highest BCUT2D eigenvalue weighted by molar-refractivity contribution is 7.10. The van der Waals surface area contributed by atoms with Crippen LogP contribution in [-0.2, 0) is 16.0 Å². The molecule has 0 unspecified atom stereocenters. The number of aryl methyl sites for hydroxylation is 2. The summed E-state index contributed by atoms with van der Waals surface area (Å²) in [4.78, 5) is 31.4. The lowest BCUT2D eigenvalue weighted by Crippen LogP contribution is -2.49. The van der Waals surface area contributed by atoms with Crippen LogP contribution < -0.4 is 4.74 Å². The topological polar surface area (TPSA) is 49.9 Å². The zero-order valence-electron chi connectivity index (χ0n) is 20.9. The van der Waals surface area contributed by atoms with Crippen molar-refractivity contribution in [2.45, 2.75) is 60.4 Å². The monoisotopic (exact) mass is 470 g/mol. The second kappa shape index (κ2) is 11.2. The molecular weight excluding hydrogens is 432 g/mol. The van der Waals surface area contributed by atoms with E-state index in [1.165, 1.54) is 16.0 Å². The van der Waals surface area contributed by atoms with Crippen molar-refractivity contribution in [3.63, 3.8) is 0 Å². The maximum absolute atomic E-state index is 13.6. The highest BCUT2D eigenvalue weighted by atomic mass is 32.1. The van der Waals surface area contributed by atoms with Gasteiger partial charge in [-0.15, -0.1) is 11.3 Å². The molecule has 2 atom stereocenters. The molecule has 0 N–H and O–H groups in total. The van der Waals surface area contributed by atoms with Crippen LogP contribution in [0.15, 0.2) is 29.6 Å². The van der Waals surface area contributed by atoms with Gasteiger partial charge in [-0.1, -0.05) is 51.8 Å². The van der Waals surface area contributed by atoms with Gasteiger partial charge in [-0.25, -0.2) is 0 Å². The number of thiophene rings is 1. The van der Waals surface area contributed by atoms with E-state index >= 15 is 0 Å². The number of carbonyl (C=O) groups is 2. The third-order valence-electron chi connectivity index (χ3n) is 6.50. The van der Waals surface area contributed by atoms with E-state index in [1.54, 1.807) is 16.2 Å². The summed E-state index contributed by atoms with van der Waals surface area (Å²) in [6.45, 7) is 14.0. The summed E-state index contributed by atoms with van der Waals surface area (Å²) < 4.78 is 6.24. The standard InChI is InChI=1S/C27H38N2O3S/c1-7-19(4)15-28(27(31)18(2)3)16-26(30)29-12-10-25-22(11-13-33-25)23(29)17-32-24-9-8-20(5)14-21(24)6/h8-9,11,13-14,18-19,23H,7,10,12,15-17H2,1-6H3/t19-,23-/m1/s1. The van der Waals surface area contributed by atoms with E-state index in [0.29, 0.717) is 25.6 Å². The van der Waals surface area contributed by atoms with Gasteiger partial charge in [0.25, 0.3) is 0 Å². The fourth-order valence-corrected chi connectivity index (χ4v) is 5.29. The minimum absolute atomic E-state index is 0.00150. The van der Waals surface area contributed by atoms with Crippen LogP contribution in [0.1, 0.15) is 61.7 Å². The molecular formula is C27H38N2O3S. The molecule has 0 saturated heterocycles. The smallest absolute Gasteiger partial charge is 0.242 e. The quantitative estimate of drug-likeness (QED) is 0.493. The predicted molar refractivity (Wildman–Crippen MR) is 135 cm³/mol. The van der Waals surface area contributed by atoms with Gasteiger partial charge in [0.2, 0.25) is 11.8 Å². The van der Waals surface area contributed by atoms with Gasteiger partial charge >= 0.3 is 0 Å². The van der Waals surface area contributed by atoms with Crippen molar-refractivity contribution in [3.05, 3.63) is 51.2 Å². The molecule has 0 radical (unpaired) electrons. The van der Waals surface area contributed by atoms with E-state index < -0.39 is 0 Å². The van der Waals surface area contributed by atoms with Crippen molar-refractivity contribution in [3.8, 4) is 5.75 Å². The van der Waals surface area contributed by atoms with Gasteiger partial charge < -0.3 is 14.5 Å². The number of carbonyl (C=O) groups excluding carboxylic acids is 2. The van der Waals surface area contributed by atoms with Gasteiger partial charge in [-0.05, 0) is 54.8 Å². The summed E-state index contributed by atoms with van der Waals surface area (Å²) in [6.07, 6.45) is 1.83.